The number of nitro groups is 1. The molecule has 0 saturated heterocycles. The lowest BCUT2D eigenvalue weighted by atomic mass is 10.1. The van der Waals surface area contributed by atoms with Gasteiger partial charge in [0, 0.05) is 0 Å². The van der Waals surface area contributed by atoms with Gasteiger partial charge in [0.25, 0.3) is 5.69 Å². The first-order valence-electron chi connectivity index (χ1n) is 6.65. The third-order valence-electron chi connectivity index (χ3n) is 3.00. The highest BCUT2D eigenvalue weighted by Crippen LogP contribution is 2.60. The van der Waals surface area contributed by atoms with E-state index in [4.69, 9.17) is 24.3 Å². The smallest absolute Gasteiger partial charge is 0.351 e. The van der Waals surface area contributed by atoms with Gasteiger partial charge in [-0.25, -0.2) is 0 Å². The molecule has 2 rings (SSSR count). The Labute approximate surface area is 127 Å². The lowest BCUT2D eigenvalue weighted by molar-refractivity contribution is -0.385. The topological polar surface area (TPSA) is 123 Å². The summed E-state index contributed by atoms with van der Waals surface area (Å²) < 4.78 is 33.3. The van der Waals surface area contributed by atoms with Crippen molar-refractivity contribution in [2.75, 3.05) is 20.0 Å². The molecule has 2 N–H and O–H groups in total. The maximum atomic E-state index is 12.7. The molecule has 9 nitrogen and oxygen atoms in total. The summed E-state index contributed by atoms with van der Waals surface area (Å²) in [6.45, 7) is 3.42. The van der Waals surface area contributed by atoms with Crippen LogP contribution in [0.2, 0.25) is 0 Å². The predicted octanol–water partition coefficient (Wildman–Crippen LogP) is 2.55. The molecule has 0 radical (unpaired) electrons. The largest absolute Gasteiger partial charge is 0.454 e. The molecule has 1 heterocycles. The monoisotopic (exact) mass is 332 g/mol. The van der Waals surface area contributed by atoms with Crippen molar-refractivity contribution in [2.45, 2.75) is 19.6 Å². The fourth-order valence-electron chi connectivity index (χ4n) is 2.07. The summed E-state index contributed by atoms with van der Waals surface area (Å²) in [6.07, 6.45) is 0. The van der Waals surface area contributed by atoms with Crippen LogP contribution in [0.4, 0.5) is 5.69 Å². The van der Waals surface area contributed by atoms with Crippen LogP contribution in [0, 0.1) is 10.1 Å². The second kappa shape index (κ2) is 6.62. The van der Waals surface area contributed by atoms with Gasteiger partial charge in [-0.05, 0) is 19.9 Å². The summed E-state index contributed by atoms with van der Waals surface area (Å²) in [5, 5.41) is 11.3. The number of nitrogens with zero attached hydrogens (tertiary/aromatic N) is 1. The lowest BCUT2D eigenvalue weighted by Crippen LogP contribution is -2.16. The molecule has 0 fully saturated rings. The number of hydrogen-bond donors (Lipinski definition) is 1. The molecule has 1 aliphatic rings. The molecule has 22 heavy (non-hydrogen) atoms. The molecule has 10 heteroatoms. The highest BCUT2D eigenvalue weighted by atomic mass is 31.2. The SMILES string of the molecule is CCOP(=O)(OCC)[C@@H](N)c1cc2c(cc1[N+](=O)[O-])OCO2. The van der Waals surface area contributed by atoms with Crippen molar-refractivity contribution in [2.24, 2.45) is 5.73 Å². The molecule has 0 aliphatic carbocycles. The standard InChI is InChI=1S/C12H17N2O7P/c1-3-20-22(17,21-4-2)12(13)8-5-10-11(19-7-18-10)6-9(8)14(15)16/h5-6,12H,3-4,7,13H2,1-2H3/t12-/m1/s1. The van der Waals surface area contributed by atoms with Crippen molar-refractivity contribution in [3.8, 4) is 11.5 Å². The molecule has 0 bridgehead atoms. The van der Waals surface area contributed by atoms with Crippen molar-refractivity contribution < 1.29 is 28.0 Å². The number of hydrogen-bond acceptors (Lipinski definition) is 8. The van der Waals surface area contributed by atoms with Crippen LogP contribution in [0.1, 0.15) is 25.2 Å². The molecule has 0 aromatic heterocycles. The molecular weight excluding hydrogens is 315 g/mol. The second-order valence-corrected chi connectivity index (χ2v) is 6.49. The summed E-state index contributed by atoms with van der Waals surface area (Å²) >= 11 is 0. The first-order chi connectivity index (χ1) is 10.4. The molecule has 1 atom stereocenters. The molecule has 1 aliphatic heterocycles. The number of nitrogens with two attached hydrogens (primary N) is 1. The summed E-state index contributed by atoms with van der Waals surface area (Å²) in [7, 11) is -3.75. The van der Waals surface area contributed by atoms with E-state index in [0.717, 1.165) is 0 Å². The number of benzene rings is 1. The minimum atomic E-state index is -3.75. The summed E-state index contributed by atoms with van der Waals surface area (Å²) in [6, 6.07) is 2.54. The Balaban J connectivity index is 2.49. The van der Waals surface area contributed by atoms with Crippen molar-refractivity contribution in [3.63, 3.8) is 0 Å². The first kappa shape index (κ1) is 16.7. The third-order valence-corrected chi connectivity index (χ3v) is 5.19. The lowest BCUT2D eigenvalue weighted by Gasteiger charge is -2.23. The van der Waals surface area contributed by atoms with Crippen LogP contribution >= 0.6 is 7.60 Å². The zero-order valence-electron chi connectivity index (χ0n) is 12.2. The predicted molar refractivity (Wildman–Crippen MR) is 77.0 cm³/mol. The Morgan fingerprint density at radius 2 is 1.86 bits per heavy atom. The van der Waals surface area contributed by atoms with E-state index in [1.165, 1.54) is 12.1 Å². The van der Waals surface area contributed by atoms with Gasteiger partial charge in [0.1, 0.15) is 5.78 Å². The van der Waals surface area contributed by atoms with Crippen LogP contribution in [0.3, 0.4) is 0 Å². The number of nitro benzene ring substituents is 1. The minimum absolute atomic E-state index is 0.0134. The van der Waals surface area contributed by atoms with Crippen molar-refractivity contribution >= 4 is 13.3 Å². The van der Waals surface area contributed by atoms with Crippen LogP contribution in [0.5, 0.6) is 11.5 Å². The molecular formula is C12H17N2O7P. The minimum Gasteiger partial charge on any atom is -0.454 e. The van der Waals surface area contributed by atoms with E-state index >= 15 is 0 Å². The van der Waals surface area contributed by atoms with E-state index in [-0.39, 0.29) is 37.0 Å². The quantitative estimate of drug-likeness (QED) is 0.459. The van der Waals surface area contributed by atoms with Gasteiger partial charge in [-0.3, -0.25) is 14.7 Å². The summed E-state index contributed by atoms with van der Waals surface area (Å²) in [5.41, 5.74) is 5.66. The van der Waals surface area contributed by atoms with E-state index in [1.807, 2.05) is 0 Å². The molecule has 0 unspecified atom stereocenters. The Kier molecular flexibility index (Phi) is 5.02. The maximum Gasteiger partial charge on any atom is 0.351 e. The van der Waals surface area contributed by atoms with Gasteiger partial charge >= 0.3 is 7.60 Å². The first-order valence-corrected chi connectivity index (χ1v) is 8.26. The van der Waals surface area contributed by atoms with Gasteiger partial charge < -0.3 is 24.3 Å². The van der Waals surface area contributed by atoms with Crippen LogP contribution in [0.25, 0.3) is 0 Å². The zero-order valence-corrected chi connectivity index (χ0v) is 13.1. The molecule has 1 aromatic carbocycles. The normalized spacial score (nSPS) is 14.9. The second-order valence-electron chi connectivity index (χ2n) is 4.34. The van der Waals surface area contributed by atoms with Gasteiger partial charge in [0.2, 0.25) is 6.79 Å². The van der Waals surface area contributed by atoms with Crippen LogP contribution in [-0.4, -0.2) is 24.9 Å². The van der Waals surface area contributed by atoms with Gasteiger partial charge in [0.05, 0.1) is 29.8 Å². The van der Waals surface area contributed by atoms with E-state index < -0.39 is 18.3 Å². The molecule has 1 aromatic rings. The van der Waals surface area contributed by atoms with E-state index in [2.05, 4.69) is 0 Å². The molecule has 0 spiro atoms. The third kappa shape index (κ3) is 3.07. The maximum absolute atomic E-state index is 12.7. The number of fused-ring (bicyclic) bond motifs is 1. The average Bonchev–Trinajstić information content (AvgIpc) is 2.92. The fraction of sp³-hybridized carbons (Fsp3) is 0.500. The van der Waals surface area contributed by atoms with E-state index in [9.17, 15) is 14.7 Å². The van der Waals surface area contributed by atoms with Gasteiger partial charge in [-0.15, -0.1) is 0 Å². The molecule has 0 saturated carbocycles. The van der Waals surface area contributed by atoms with E-state index in [0.29, 0.717) is 5.75 Å². The Bertz CT molecular complexity index is 612. The van der Waals surface area contributed by atoms with E-state index in [1.54, 1.807) is 13.8 Å². The van der Waals surface area contributed by atoms with Crippen molar-refractivity contribution in [1.82, 2.24) is 0 Å². The molecule has 122 valence electrons. The number of rotatable bonds is 7. The average molecular weight is 332 g/mol. The summed E-state index contributed by atoms with van der Waals surface area (Å²) in [4.78, 5) is 10.6. The van der Waals surface area contributed by atoms with Crippen LogP contribution in [0.15, 0.2) is 12.1 Å². The van der Waals surface area contributed by atoms with Gasteiger partial charge in [0.15, 0.2) is 11.5 Å². The van der Waals surface area contributed by atoms with Gasteiger partial charge in [-0.1, -0.05) is 0 Å². The Morgan fingerprint density at radius 3 is 2.36 bits per heavy atom. The van der Waals surface area contributed by atoms with Crippen LogP contribution < -0.4 is 15.2 Å². The Morgan fingerprint density at radius 1 is 1.32 bits per heavy atom. The number of ether oxygens (including phenoxy) is 2. The fourth-order valence-corrected chi connectivity index (χ4v) is 3.73. The highest BCUT2D eigenvalue weighted by molar-refractivity contribution is 7.54. The van der Waals surface area contributed by atoms with Gasteiger partial charge in [-0.2, -0.15) is 0 Å². The van der Waals surface area contributed by atoms with Crippen molar-refractivity contribution in [1.29, 1.82) is 0 Å². The zero-order chi connectivity index (χ0) is 16.3. The Hall–Kier alpha value is -1.67. The van der Waals surface area contributed by atoms with Crippen LogP contribution in [-0.2, 0) is 13.6 Å². The highest BCUT2D eigenvalue weighted by Gasteiger charge is 2.39. The molecule has 0 amide bonds. The van der Waals surface area contributed by atoms with Crippen molar-refractivity contribution in [3.05, 3.63) is 27.8 Å². The summed E-state index contributed by atoms with van der Waals surface area (Å²) in [5.74, 6) is -0.761.